The van der Waals surface area contributed by atoms with Gasteiger partial charge in [0.2, 0.25) is 11.8 Å². The van der Waals surface area contributed by atoms with E-state index >= 15 is 0 Å². The van der Waals surface area contributed by atoms with Gasteiger partial charge in [-0.2, -0.15) is 0 Å². The van der Waals surface area contributed by atoms with Crippen LogP contribution in [-0.2, 0) is 9.59 Å². The maximum atomic E-state index is 12.3. The van der Waals surface area contributed by atoms with Crippen LogP contribution in [0.5, 0.6) is 0 Å². The molecule has 0 radical (unpaired) electrons. The standard InChI is InChI=1S/C16H22N2O4/c1-3-12(18-8-4-7-15(18)20)16(21)17-11(2)10-13(19)14-6-5-9-22-14/h5-6,9,11-12H,3-4,7-8,10H2,1-2H3,(H,17,21)/t11-,12+/m1/s1. The highest BCUT2D eigenvalue weighted by molar-refractivity contribution is 5.94. The number of nitrogens with one attached hydrogen (secondary N) is 1. The molecule has 120 valence electrons. The van der Waals surface area contributed by atoms with Crippen molar-refractivity contribution in [1.82, 2.24) is 10.2 Å². The first kappa shape index (κ1) is 16.3. The lowest BCUT2D eigenvalue weighted by Crippen LogP contribution is -2.49. The van der Waals surface area contributed by atoms with E-state index in [1.165, 1.54) is 6.26 Å². The van der Waals surface area contributed by atoms with Gasteiger partial charge in [0.1, 0.15) is 6.04 Å². The molecule has 2 heterocycles. The number of carbonyl (C=O) groups is 3. The number of carbonyl (C=O) groups excluding carboxylic acids is 3. The van der Waals surface area contributed by atoms with E-state index in [1.54, 1.807) is 24.0 Å². The molecule has 0 unspecified atom stereocenters. The van der Waals surface area contributed by atoms with Gasteiger partial charge in [-0.05, 0) is 31.9 Å². The Morgan fingerprint density at radius 2 is 2.23 bits per heavy atom. The number of hydrogen-bond acceptors (Lipinski definition) is 4. The van der Waals surface area contributed by atoms with Crippen LogP contribution in [0, 0.1) is 0 Å². The smallest absolute Gasteiger partial charge is 0.243 e. The zero-order valence-electron chi connectivity index (χ0n) is 13.0. The van der Waals surface area contributed by atoms with E-state index in [9.17, 15) is 14.4 Å². The SMILES string of the molecule is CC[C@@H](C(=O)N[C@H](C)CC(=O)c1ccco1)N1CCCC1=O. The van der Waals surface area contributed by atoms with Crippen molar-refractivity contribution in [3.63, 3.8) is 0 Å². The molecule has 0 saturated carbocycles. The van der Waals surface area contributed by atoms with Gasteiger partial charge in [0, 0.05) is 25.4 Å². The molecule has 1 aromatic heterocycles. The lowest BCUT2D eigenvalue weighted by molar-refractivity contribution is -0.137. The summed E-state index contributed by atoms with van der Waals surface area (Å²) in [7, 11) is 0. The maximum Gasteiger partial charge on any atom is 0.243 e. The summed E-state index contributed by atoms with van der Waals surface area (Å²) < 4.78 is 5.05. The second-order valence-electron chi connectivity index (χ2n) is 5.63. The summed E-state index contributed by atoms with van der Waals surface area (Å²) in [4.78, 5) is 37.7. The lowest BCUT2D eigenvalue weighted by Gasteiger charge is -2.27. The van der Waals surface area contributed by atoms with Gasteiger partial charge >= 0.3 is 0 Å². The summed E-state index contributed by atoms with van der Waals surface area (Å²) in [6.45, 7) is 4.29. The normalized spacial score (nSPS) is 17.4. The zero-order valence-corrected chi connectivity index (χ0v) is 13.0. The van der Waals surface area contributed by atoms with Crippen LogP contribution in [-0.4, -0.2) is 41.1 Å². The van der Waals surface area contributed by atoms with Gasteiger partial charge in [0.15, 0.2) is 11.5 Å². The van der Waals surface area contributed by atoms with Gasteiger partial charge in [-0.1, -0.05) is 6.92 Å². The third-order valence-corrected chi connectivity index (χ3v) is 3.85. The quantitative estimate of drug-likeness (QED) is 0.778. The summed E-state index contributed by atoms with van der Waals surface area (Å²) in [5.41, 5.74) is 0. The third-order valence-electron chi connectivity index (χ3n) is 3.85. The van der Waals surface area contributed by atoms with E-state index in [2.05, 4.69) is 5.32 Å². The first-order chi connectivity index (χ1) is 10.5. The van der Waals surface area contributed by atoms with Gasteiger partial charge < -0.3 is 14.6 Å². The Morgan fingerprint density at radius 1 is 1.45 bits per heavy atom. The lowest BCUT2D eigenvalue weighted by atomic mass is 10.1. The molecule has 2 amide bonds. The molecule has 0 aliphatic carbocycles. The molecule has 1 aliphatic rings. The second-order valence-corrected chi connectivity index (χ2v) is 5.63. The first-order valence-corrected chi connectivity index (χ1v) is 7.69. The summed E-state index contributed by atoms with van der Waals surface area (Å²) in [5.74, 6) is -0.0234. The molecule has 1 aromatic rings. The minimum Gasteiger partial charge on any atom is -0.461 e. The molecule has 1 fully saturated rings. The van der Waals surface area contributed by atoms with Crippen molar-refractivity contribution in [1.29, 1.82) is 0 Å². The van der Waals surface area contributed by atoms with Crippen LogP contribution in [0.25, 0.3) is 0 Å². The van der Waals surface area contributed by atoms with Gasteiger partial charge in [0.25, 0.3) is 0 Å². The Balaban J connectivity index is 1.89. The Bertz CT molecular complexity index is 538. The number of likely N-dealkylation sites (tertiary alicyclic amines) is 1. The van der Waals surface area contributed by atoms with Crippen LogP contribution >= 0.6 is 0 Å². The fourth-order valence-electron chi connectivity index (χ4n) is 2.75. The molecule has 2 atom stereocenters. The van der Waals surface area contributed by atoms with Crippen LogP contribution < -0.4 is 5.32 Å². The predicted molar refractivity (Wildman–Crippen MR) is 80.3 cm³/mol. The van der Waals surface area contributed by atoms with E-state index in [-0.39, 0.29) is 30.1 Å². The Morgan fingerprint density at radius 3 is 2.77 bits per heavy atom. The maximum absolute atomic E-state index is 12.3. The number of amides is 2. The van der Waals surface area contributed by atoms with Crippen molar-refractivity contribution in [2.24, 2.45) is 0 Å². The van der Waals surface area contributed by atoms with Crippen molar-refractivity contribution < 1.29 is 18.8 Å². The highest BCUT2D eigenvalue weighted by Gasteiger charge is 2.32. The summed E-state index contributed by atoms with van der Waals surface area (Å²) in [6.07, 6.45) is 3.49. The van der Waals surface area contributed by atoms with Crippen molar-refractivity contribution in [2.75, 3.05) is 6.54 Å². The molecule has 1 saturated heterocycles. The van der Waals surface area contributed by atoms with E-state index in [4.69, 9.17) is 4.42 Å². The predicted octanol–water partition coefficient (Wildman–Crippen LogP) is 1.76. The molecule has 6 heteroatoms. The van der Waals surface area contributed by atoms with Crippen LogP contribution in [0.4, 0.5) is 0 Å². The molecule has 1 aliphatic heterocycles. The monoisotopic (exact) mass is 306 g/mol. The Kier molecular flexibility index (Phi) is 5.35. The van der Waals surface area contributed by atoms with Crippen molar-refractivity contribution in [3.05, 3.63) is 24.2 Å². The van der Waals surface area contributed by atoms with Crippen LogP contribution in [0.1, 0.15) is 50.1 Å². The van der Waals surface area contributed by atoms with E-state index < -0.39 is 6.04 Å². The number of furan rings is 1. The summed E-state index contributed by atoms with van der Waals surface area (Å²) in [6, 6.07) is 2.50. The molecule has 0 aromatic carbocycles. The minimum atomic E-state index is -0.448. The van der Waals surface area contributed by atoms with Crippen molar-refractivity contribution in [2.45, 2.75) is 51.6 Å². The molecule has 0 spiro atoms. The average Bonchev–Trinajstić information content (AvgIpc) is 3.11. The van der Waals surface area contributed by atoms with Crippen LogP contribution in [0.2, 0.25) is 0 Å². The van der Waals surface area contributed by atoms with E-state index in [0.29, 0.717) is 25.1 Å². The fraction of sp³-hybridized carbons (Fsp3) is 0.562. The highest BCUT2D eigenvalue weighted by Crippen LogP contribution is 2.16. The summed E-state index contributed by atoms with van der Waals surface area (Å²) in [5, 5.41) is 2.83. The van der Waals surface area contributed by atoms with E-state index in [0.717, 1.165) is 6.42 Å². The Hall–Kier alpha value is -2.11. The zero-order chi connectivity index (χ0) is 16.1. The molecular formula is C16H22N2O4. The minimum absolute atomic E-state index is 0.0290. The molecule has 2 rings (SSSR count). The van der Waals surface area contributed by atoms with Crippen molar-refractivity contribution in [3.8, 4) is 0 Å². The Labute approximate surface area is 129 Å². The molecule has 0 bridgehead atoms. The largest absolute Gasteiger partial charge is 0.461 e. The molecule has 1 N–H and O–H groups in total. The topological polar surface area (TPSA) is 79.6 Å². The van der Waals surface area contributed by atoms with Crippen molar-refractivity contribution >= 4 is 17.6 Å². The molecular weight excluding hydrogens is 284 g/mol. The third kappa shape index (κ3) is 3.75. The second kappa shape index (κ2) is 7.24. The number of Topliss-reactive ketones (excluding diaryl/α,β-unsaturated/α-hetero) is 1. The number of hydrogen-bond donors (Lipinski definition) is 1. The highest BCUT2D eigenvalue weighted by atomic mass is 16.3. The van der Waals surface area contributed by atoms with Gasteiger partial charge in [-0.3, -0.25) is 14.4 Å². The first-order valence-electron chi connectivity index (χ1n) is 7.69. The number of ketones is 1. The van der Waals surface area contributed by atoms with E-state index in [1.807, 2.05) is 6.92 Å². The van der Waals surface area contributed by atoms with Crippen LogP contribution in [0.15, 0.2) is 22.8 Å². The van der Waals surface area contributed by atoms with Gasteiger partial charge in [-0.25, -0.2) is 0 Å². The van der Waals surface area contributed by atoms with Gasteiger partial charge in [-0.15, -0.1) is 0 Å². The molecule has 6 nitrogen and oxygen atoms in total. The van der Waals surface area contributed by atoms with Gasteiger partial charge in [0.05, 0.1) is 6.26 Å². The van der Waals surface area contributed by atoms with Crippen LogP contribution in [0.3, 0.4) is 0 Å². The summed E-state index contributed by atoms with van der Waals surface area (Å²) >= 11 is 0. The number of rotatable bonds is 7. The molecule has 22 heavy (non-hydrogen) atoms. The fourth-order valence-corrected chi connectivity index (χ4v) is 2.75. The number of nitrogens with zero attached hydrogens (tertiary/aromatic N) is 1. The average molecular weight is 306 g/mol.